The first-order chi connectivity index (χ1) is 21.6. The molecule has 1 aliphatic carbocycles. The maximum atomic E-state index is 10.9. The van der Waals surface area contributed by atoms with E-state index in [0.717, 1.165) is 53.6 Å². The number of aromatic hydroxyl groups is 2. The summed E-state index contributed by atoms with van der Waals surface area (Å²) in [5.41, 5.74) is 5.00. The zero-order valence-corrected chi connectivity index (χ0v) is 27.2. The second kappa shape index (κ2) is 17.1. The highest BCUT2D eigenvalue weighted by molar-refractivity contribution is 5.85. The van der Waals surface area contributed by atoms with Crippen molar-refractivity contribution in [1.29, 1.82) is 0 Å². The Hall–Kier alpha value is -3.71. The molecular formula is C38H46ClNO5. The minimum Gasteiger partial charge on any atom is -0.504 e. The number of hydrogen-bond acceptors (Lipinski definition) is 6. The van der Waals surface area contributed by atoms with Crippen LogP contribution >= 0.6 is 12.4 Å². The first kappa shape index (κ1) is 34.2. The molecule has 2 atom stereocenters. The molecule has 0 saturated carbocycles. The number of benzene rings is 4. The summed E-state index contributed by atoms with van der Waals surface area (Å²) >= 11 is 0. The zero-order chi connectivity index (χ0) is 30.7. The minimum absolute atomic E-state index is 0. The lowest BCUT2D eigenvalue weighted by atomic mass is 9.74. The molecule has 5 rings (SSSR count). The molecule has 240 valence electrons. The van der Waals surface area contributed by atoms with Crippen LogP contribution in [0.25, 0.3) is 0 Å². The van der Waals surface area contributed by atoms with Crippen molar-refractivity contribution in [3.05, 3.63) is 119 Å². The summed E-state index contributed by atoms with van der Waals surface area (Å²) in [4.78, 5) is 6.29. The molecule has 0 radical (unpaired) electrons. The molecule has 0 amide bonds. The lowest BCUT2D eigenvalue weighted by Crippen LogP contribution is -2.43. The molecule has 0 aromatic heterocycles. The van der Waals surface area contributed by atoms with Crippen molar-refractivity contribution in [2.45, 2.75) is 77.5 Å². The maximum absolute atomic E-state index is 10.9. The summed E-state index contributed by atoms with van der Waals surface area (Å²) in [5.74, 6) is 1.13. The number of rotatable bonds is 15. The standard InChI is InChI=1S/C38H45NO5.ClH/c1-3-5-6-13-24-39(44-4-2)33-21-19-32-31(20-22-34(40)38(32)41)37(33)30-18-23-35(42-26-28-14-9-7-10-15-28)36(25-30)43-27-29-16-11-8-12-17-29;/h7-12,14-18,20,22-23,25,33,37,40-41H,3-6,13,19,21,24,26-27H2,1-2H3;1H. The van der Waals surface area contributed by atoms with Crippen molar-refractivity contribution in [3.8, 4) is 23.0 Å². The number of ether oxygens (including phenoxy) is 2. The summed E-state index contributed by atoms with van der Waals surface area (Å²) in [6.07, 6.45) is 6.05. The van der Waals surface area contributed by atoms with E-state index in [0.29, 0.717) is 37.7 Å². The molecule has 0 saturated heterocycles. The normalized spacial score (nSPS) is 15.7. The van der Waals surface area contributed by atoms with Crippen molar-refractivity contribution >= 4 is 12.4 Å². The van der Waals surface area contributed by atoms with Crippen molar-refractivity contribution < 1.29 is 24.5 Å². The first-order valence-electron chi connectivity index (χ1n) is 16.0. The van der Waals surface area contributed by atoms with Crippen LogP contribution in [0.5, 0.6) is 23.0 Å². The van der Waals surface area contributed by atoms with Crippen LogP contribution in [0.1, 0.15) is 79.7 Å². The molecule has 6 nitrogen and oxygen atoms in total. The van der Waals surface area contributed by atoms with Gasteiger partial charge in [-0.3, -0.25) is 4.84 Å². The first-order valence-corrected chi connectivity index (χ1v) is 16.0. The number of unbranched alkanes of at least 4 members (excludes halogenated alkanes) is 3. The third kappa shape index (κ3) is 8.72. The molecule has 4 aromatic rings. The van der Waals surface area contributed by atoms with Gasteiger partial charge in [0.15, 0.2) is 23.0 Å². The van der Waals surface area contributed by atoms with Gasteiger partial charge in [-0.1, -0.05) is 99.0 Å². The van der Waals surface area contributed by atoms with E-state index in [1.54, 1.807) is 6.07 Å². The van der Waals surface area contributed by atoms with Crippen molar-refractivity contribution in [2.24, 2.45) is 0 Å². The van der Waals surface area contributed by atoms with Gasteiger partial charge in [-0.2, -0.15) is 5.06 Å². The average molecular weight is 632 g/mol. The van der Waals surface area contributed by atoms with E-state index >= 15 is 0 Å². The zero-order valence-electron chi connectivity index (χ0n) is 26.4. The van der Waals surface area contributed by atoms with Gasteiger partial charge in [0, 0.05) is 24.1 Å². The second-order valence-corrected chi connectivity index (χ2v) is 11.5. The van der Waals surface area contributed by atoms with Crippen LogP contribution in [0.4, 0.5) is 0 Å². The van der Waals surface area contributed by atoms with Crippen molar-refractivity contribution in [1.82, 2.24) is 5.06 Å². The molecule has 0 aliphatic heterocycles. The van der Waals surface area contributed by atoms with Gasteiger partial charge < -0.3 is 19.7 Å². The van der Waals surface area contributed by atoms with Crippen LogP contribution in [0, 0.1) is 0 Å². The molecule has 0 heterocycles. The van der Waals surface area contributed by atoms with Crippen LogP contribution in [0.2, 0.25) is 0 Å². The van der Waals surface area contributed by atoms with E-state index in [4.69, 9.17) is 14.3 Å². The van der Waals surface area contributed by atoms with E-state index in [1.165, 1.54) is 12.8 Å². The number of phenolic OH excluding ortho intramolecular Hbond substituents is 2. The SMILES string of the molecule is CCCCCCN(OCC)C1CCc2c(ccc(O)c2O)C1c1ccc(OCc2ccccc2)c(OCc2ccccc2)c1.Cl. The van der Waals surface area contributed by atoms with E-state index in [9.17, 15) is 10.2 Å². The van der Waals surface area contributed by atoms with Gasteiger partial charge in [0.05, 0.1) is 6.61 Å². The molecule has 0 bridgehead atoms. The van der Waals surface area contributed by atoms with Gasteiger partial charge in [-0.05, 0) is 66.6 Å². The van der Waals surface area contributed by atoms with Gasteiger partial charge in [0.2, 0.25) is 0 Å². The summed E-state index contributed by atoms with van der Waals surface area (Å²) in [5, 5.41) is 23.4. The molecule has 2 unspecified atom stereocenters. The molecular weight excluding hydrogens is 586 g/mol. The Bertz CT molecular complexity index is 1470. The van der Waals surface area contributed by atoms with E-state index in [1.807, 2.05) is 67.6 Å². The van der Waals surface area contributed by atoms with Crippen LogP contribution < -0.4 is 9.47 Å². The average Bonchev–Trinajstić information content (AvgIpc) is 3.06. The fourth-order valence-electron chi connectivity index (χ4n) is 6.18. The smallest absolute Gasteiger partial charge is 0.161 e. The van der Waals surface area contributed by atoms with E-state index in [-0.39, 0.29) is 35.9 Å². The van der Waals surface area contributed by atoms with Crippen LogP contribution in [0.3, 0.4) is 0 Å². The highest BCUT2D eigenvalue weighted by Gasteiger charge is 2.37. The Balaban J connectivity index is 0.00000461. The predicted molar refractivity (Wildman–Crippen MR) is 181 cm³/mol. The van der Waals surface area contributed by atoms with Crippen LogP contribution in [-0.4, -0.2) is 34.5 Å². The van der Waals surface area contributed by atoms with Crippen LogP contribution in [0.15, 0.2) is 91.0 Å². The Labute approximate surface area is 274 Å². The number of halogens is 1. The van der Waals surface area contributed by atoms with Crippen molar-refractivity contribution in [3.63, 3.8) is 0 Å². The second-order valence-electron chi connectivity index (χ2n) is 11.5. The van der Waals surface area contributed by atoms with E-state index < -0.39 is 0 Å². The van der Waals surface area contributed by atoms with Gasteiger partial charge in [0.25, 0.3) is 0 Å². The van der Waals surface area contributed by atoms with Gasteiger partial charge in [-0.25, -0.2) is 0 Å². The topological polar surface area (TPSA) is 71.4 Å². The summed E-state index contributed by atoms with van der Waals surface area (Å²) in [6.45, 7) is 6.52. The highest BCUT2D eigenvalue weighted by atomic mass is 35.5. The summed E-state index contributed by atoms with van der Waals surface area (Å²) in [7, 11) is 0. The Morgan fingerprint density at radius 1 is 0.756 bits per heavy atom. The van der Waals surface area contributed by atoms with Crippen LogP contribution in [-0.2, 0) is 24.5 Å². The summed E-state index contributed by atoms with van der Waals surface area (Å²) in [6, 6.07) is 30.0. The Morgan fingerprint density at radius 2 is 1.42 bits per heavy atom. The lowest BCUT2D eigenvalue weighted by Gasteiger charge is -2.41. The minimum atomic E-state index is -0.106. The number of fused-ring (bicyclic) bond motifs is 1. The number of hydrogen-bond donors (Lipinski definition) is 2. The third-order valence-electron chi connectivity index (χ3n) is 8.41. The fraction of sp³-hybridized carbons (Fsp3) is 0.368. The fourth-order valence-corrected chi connectivity index (χ4v) is 6.18. The molecule has 4 aromatic carbocycles. The Morgan fingerprint density at radius 3 is 2.07 bits per heavy atom. The summed E-state index contributed by atoms with van der Waals surface area (Å²) < 4.78 is 12.8. The number of nitrogens with zero attached hydrogens (tertiary/aromatic N) is 1. The molecule has 0 fully saturated rings. The number of hydroxylamine groups is 2. The molecule has 2 N–H and O–H groups in total. The van der Waals surface area contributed by atoms with Gasteiger partial charge >= 0.3 is 0 Å². The lowest BCUT2D eigenvalue weighted by molar-refractivity contribution is -0.188. The monoisotopic (exact) mass is 631 g/mol. The third-order valence-corrected chi connectivity index (χ3v) is 8.41. The molecule has 7 heteroatoms. The largest absolute Gasteiger partial charge is 0.504 e. The maximum Gasteiger partial charge on any atom is 0.161 e. The highest BCUT2D eigenvalue weighted by Crippen LogP contribution is 2.46. The van der Waals surface area contributed by atoms with Crippen molar-refractivity contribution in [2.75, 3.05) is 13.2 Å². The quantitative estimate of drug-likeness (QED) is 0.0775. The molecule has 45 heavy (non-hydrogen) atoms. The molecule has 1 aliphatic rings. The molecule has 0 spiro atoms. The number of phenols is 2. The predicted octanol–water partition coefficient (Wildman–Crippen LogP) is 8.96. The Kier molecular flexibility index (Phi) is 13.0. The van der Waals surface area contributed by atoms with Gasteiger partial charge in [0.1, 0.15) is 13.2 Å². The van der Waals surface area contributed by atoms with E-state index in [2.05, 4.69) is 36.3 Å². The van der Waals surface area contributed by atoms with Gasteiger partial charge in [-0.15, -0.1) is 12.4 Å².